The highest BCUT2D eigenvalue weighted by atomic mass is 19.1. The molecule has 0 aliphatic carbocycles. The summed E-state index contributed by atoms with van der Waals surface area (Å²) in [5.74, 6) is -2.42. The fourth-order valence-electron chi connectivity index (χ4n) is 2.09. The topological polar surface area (TPSA) is 95.7 Å². The number of rotatable bonds is 4. The molecule has 0 heterocycles. The molecular formula is C16H12FNO6. The van der Waals surface area contributed by atoms with Crippen LogP contribution >= 0.6 is 0 Å². The molecule has 2 aromatic carbocycles. The summed E-state index contributed by atoms with van der Waals surface area (Å²) in [5, 5.41) is 11.0. The standard InChI is InChI=1S/C16H12FNO6/c1-23-15(19)11-5-10(6-12(7-11)18(21)22)9-3-4-14(17)13(8-9)16(20)24-2/h3-8H,1-2H3. The highest BCUT2D eigenvalue weighted by Crippen LogP contribution is 2.28. The number of nitro groups is 1. The Hall–Kier alpha value is -3.29. The first-order valence-corrected chi connectivity index (χ1v) is 6.63. The highest BCUT2D eigenvalue weighted by Gasteiger charge is 2.18. The van der Waals surface area contributed by atoms with Crippen molar-refractivity contribution in [3.8, 4) is 11.1 Å². The van der Waals surface area contributed by atoms with Crippen LogP contribution in [-0.4, -0.2) is 31.1 Å². The van der Waals surface area contributed by atoms with Gasteiger partial charge in [0.2, 0.25) is 0 Å². The van der Waals surface area contributed by atoms with Gasteiger partial charge in [-0.1, -0.05) is 6.07 Å². The molecule has 0 fully saturated rings. The fraction of sp³-hybridized carbons (Fsp3) is 0.125. The van der Waals surface area contributed by atoms with Gasteiger partial charge in [-0.3, -0.25) is 10.1 Å². The molecule has 7 nitrogen and oxygen atoms in total. The van der Waals surface area contributed by atoms with Gasteiger partial charge in [0.25, 0.3) is 5.69 Å². The number of methoxy groups -OCH3 is 2. The van der Waals surface area contributed by atoms with Crippen molar-refractivity contribution < 1.29 is 28.4 Å². The third-order valence-electron chi connectivity index (χ3n) is 3.25. The molecule has 0 N–H and O–H groups in total. The summed E-state index contributed by atoms with van der Waals surface area (Å²) in [6.07, 6.45) is 0. The lowest BCUT2D eigenvalue weighted by molar-refractivity contribution is -0.384. The number of non-ortho nitro benzene ring substituents is 1. The lowest BCUT2D eigenvalue weighted by Crippen LogP contribution is -2.05. The molecule has 0 saturated heterocycles. The van der Waals surface area contributed by atoms with E-state index in [1.807, 2.05) is 0 Å². The molecule has 24 heavy (non-hydrogen) atoms. The van der Waals surface area contributed by atoms with Crippen LogP contribution in [0.15, 0.2) is 36.4 Å². The second kappa shape index (κ2) is 6.86. The predicted octanol–water partition coefficient (Wildman–Crippen LogP) is 2.97. The molecule has 0 aromatic heterocycles. The number of ether oxygens (including phenoxy) is 2. The van der Waals surface area contributed by atoms with Crippen LogP contribution in [-0.2, 0) is 9.47 Å². The van der Waals surface area contributed by atoms with E-state index in [2.05, 4.69) is 9.47 Å². The first-order valence-electron chi connectivity index (χ1n) is 6.63. The van der Waals surface area contributed by atoms with Crippen LogP contribution in [0.3, 0.4) is 0 Å². The zero-order chi connectivity index (χ0) is 17.9. The van der Waals surface area contributed by atoms with Crippen LogP contribution in [0.4, 0.5) is 10.1 Å². The van der Waals surface area contributed by atoms with E-state index < -0.39 is 22.7 Å². The van der Waals surface area contributed by atoms with Crippen LogP contribution in [0, 0.1) is 15.9 Å². The molecular weight excluding hydrogens is 321 g/mol. The van der Waals surface area contributed by atoms with Gasteiger partial charge in [-0.25, -0.2) is 14.0 Å². The monoisotopic (exact) mass is 333 g/mol. The minimum Gasteiger partial charge on any atom is -0.465 e. The van der Waals surface area contributed by atoms with Crippen molar-refractivity contribution in [3.05, 3.63) is 63.5 Å². The molecule has 2 aromatic rings. The fourth-order valence-corrected chi connectivity index (χ4v) is 2.09. The van der Waals surface area contributed by atoms with Crippen molar-refractivity contribution in [2.24, 2.45) is 0 Å². The van der Waals surface area contributed by atoms with Gasteiger partial charge in [0.05, 0.1) is 30.3 Å². The van der Waals surface area contributed by atoms with Gasteiger partial charge < -0.3 is 9.47 Å². The average molecular weight is 333 g/mol. The van der Waals surface area contributed by atoms with E-state index in [9.17, 15) is 24.1 Å². The Morgan fingerprint density at radius 1 is 1.00 bits per heavy atom. The second-order valence-corrected chi connectivity index (χ2v) is 4.70. The normalized spacial score (nSPS) is 10.1. The lowest BCUT2D eigenvalue weighted by atomic mass is 10.00. The SMILES string of the molecule is COC(=O)c1cc(-c2ccc(F)c(C(=O)OC)c2)cc([N+](=O)[O-])c1. The summed E-state index contributed by atoms with van der Waals surface area (Å²) in [4.78, 5) is 33.6. The molecule has 0 unspecified atom stereocenters. The molecule has 0 atom stereocenters. The van der Waals surface area contributed by atoms with Gasteiger partial charge in [0.1, 0.15) is 5.82 Å². The zero-order valence-corrected chi connectivity index (χ0v) is 12.7. The maximum absolute atomic E-state index is 13.7. The third kappa shape index (κ3) is 3.37. The smallest absolute Gasteiger partial charge is 0.340 e. The maximum atomic E-state index is 13.7. The van der Waals surface area contributed by atoms with Crippen LogP contribution in [0.2, 0.25) is 0 Å². The number of hydrogen-bond acceptors (Lipinski definition) is 6. The van der Waals surface area contributed by atoms with Gasteiger partial charge in [-0.05, 0) is 29.3 Å². The van der Waals surface area contributed by atoms with E-state index in [4.69, 9.17) is 0 Å². The summed E-state index contributed by atoms with van der Waals surface area (Å²) < 4.78 is 22.8. The van der Waals surface area contributed by atoms with E-state index >= 15 is 0 Å². The van der Waals surface area contributed by atoms with Crippen molar-refractivity contribution in [2.45, 2.75) is 0 Å². The number of halogens is 1. The van der Waals surface area contributed by atoms with Gasteiger partial charge in [0.15, 0.2) is 0 Å². The van der Waals surface area contributed by atoms with Crippen molar-refractivity contribution in [1.82, 2.24) is 0 Å². The molecule has 0 aliphatic rings. The molecule has 0 aliphatic heterocycles. The van der Waals surface area contributed by atoms with Crippen molar-refractivity contribution in [2.75, 3.05) is 14.2 Å². The minimum atomic E-state index is -0.882. The highest BCUT2D eigenvalue weighted by molar-refractivity contribution is 5.94. The van der Waals surface area contributed by atoms with Gasteiger partial charge in [-0.15, -0.1) is 0 Å². The summed E-state index contributed by atoms with van der Waals surface area (Å²) in [6.45, 7) is 0. The number of carbonyl (C=O) groups excluding carboxylic acids is 2. The van der Waals surface area contributed by atoms with E-state index in [1.165, 1.54) is 24.3 Å². The molecule has 124 valence electrons. The van der Waals surface area contributed by atoms with Crippen LogP contribution in [0.5, 0.6) is 0 Å². The Bertz CT molecular complexity index is 833. The van der Waals surface area contributed by atoms with Crippen molar-refractivity contribution in [3.63, 3.8) is 0 Å². The first-order chi connectivity index (χ1) is 11.4. The Labute approximate surface area is 135 Å². The van der Waals surface area contributed by atoms with E-state index in [0.717, 1.165) is 26.4 Å². The summed E-state index contributed by atoms with van der Waals surface area (Å²) in [5.41, 5.74) is -0.121. The molecule has 0 bridgehead atoms. The van der Waals surface area contributed by atoms with Gasteiger partial charge >= 0.3 is 11.9 Å². The number of nitrogens with zero attached hydrogens (tertiary/aromatic N) is 1. The number of benzene rings is 2. The van der Waals surface area contributed by atoms with Crippen molar-refractivity contribution in [1.29, 1.82) is 0 Å². The average Bonchev–Trinajstić information content (AvgIpc) is 2.60. The summed E-state index contributed by atoms with van der Waals surface area (Å²) >= 11 is 0. The Morgan fingerprint density at radius 2 is 1.67 bits per heavy atom. The third-order valence-corrected chi connectivity index (χ3v) is 3.25. The number of esters is 2. The van der Waals surface area contributed by atoms with E-state index in [0.29, 0.717) is 5.56 Å². The minimum absolute atomic E-state index is 0.0364. The number of carbonyl (C=O) groups is 2. The quantitative estimate of drug-likeness (QED) is 0.485. The molecule has 0 spiro atoms. The molecule has 2 rings (SSSR count). The largest absolute Gasteiger partial charge is 0.465 e. The number of nitro benzene ring substituents is 1. The van der Waals surface area contributed by atoms with Gasteiger partial charge in [0, 0.05) is 12.1 Å². The van der Waals surface area contributed by atoms with E-state index in [1.54, 1.807) is 0 Å². The van der Waals surface area contributed by atoms with Crippen LogP contribution in [0.25, 0.3) is 11.1 Å². The molecule has 0 saturated carbocycles. The van der Waals surface area contributed by atoms with E-state index in [-0.39, 0.29) is 22.4 Å². The number of hydrogen-bond donors (Lipinski definition) is 0. The Balaban J connectivity index is 2.63. The van der Waals surface area contributed by atoms with Crippen LogP contribution < -0.4 is 0 Å². The maximum Gasteiger partial charge on any atom is 0.340 e. The molecule has 8 heteroatoms. The first kappa shape index (κ1) is 17.1. The predicted molar refractivity (Wildman–Crippen MR) is 81.2 cm³/mol. The second-order valence-electron chi connectivity index (χ2n) is 4.70. The van der Waals surface area contributed by atoms with Gasteiger partial charge in [-0.2, -0.15) is 0 Å². The van der Waals surface area contributed by atoms with Crippen LogP contribution in [0.1, 0.15) is 20.7 Å². The summed E-state index contributed by atoms with van der Waals surface area (Å²) in [7, 11) is 2.26. The molecule has 0 amide bonds. The summed E-state index contributed by atoms with van der Waals surface area (Å²) in [6, 6.07) is 7.20. The van der Waals surface area contributed by atoms with Crippen molar-refractivity contribution >= 4 is 17.6 Å². The zero-order valence-electron chi connectivity index (χ0n) is 12.7. The Morgan fingerprint density at radius 3 is 2.25 bits per heavy atom. The Kier molecular flexibility index (Phi) is 4.88. The molecule has 0 radical (unpaired) electrons. The lowest BCUT2D eigenvalue weighted by Gasteiger charge is -2.08.